The third-order valence-corrected chi connectivity index (χ3v) is 6.50. The highest BCUT2D eigenvalue weighted by Crippen LogP contribution is 2.35. The number of H-pyrrole nitrogens is 1. The van der Waals surface area contributed by atoms with Gasteiger partial charge in [0.15, 0.2) is 11.3 Å². The fourth-order valence-corrected chi connectivity index (χ4v) is 4.77. The summed E-state index contributed by atoms with van der Waals surface area (Å²) in [4.78, 5) is 23.8. The number of alkyl halides is 3. The van der Waals surface area contributed by atoms with Crippen LogP contribution >= 0.6 is 47.0 Å². The highest BCUT2D eigenvalue weighted by Gasteiger charge is 2.42. The molecule has 0 radical (unpaired) electrons. The van der Waals surface area contributed by atoms with Crippen LogP contribution in [0.3, 0.4) is 0 Å². The zero-order chi connectivity index (χ0) is 22.7. The van der Waals surface area contributed by atoms with E-state index >= 15 is 0 Å². The van der Waals surface area contributed by atoms with Crippen LogP contribution in [-0.4, -0.2) is 48.9 Å². The molecule has 3 heterocycles. The van der Waals surface area contributed by atoms with Gasteiger partial charge in [-0.1, -0.05) is 46.9 Å². The molecule has 168 valence electrons. The van der Waals surface area contributed by atoms with Gasteiger partial charge in [0.25, 0.3) is 0 Å². The molecule has 1 aliphatic rings. The van der Waals surface area contributed by atoms with Gasteiger partial charge in [0.05, 0.1) is 11.2 Å². The predicted octanol–water partition coefficient (Wildman–Crippen LogP) is 4.81. The van der Waals surface area contributed by atoms with E-state index in [0.717, 1.165) is 35.1 Å². The number of nitrogens with one attached hydrogen (secondary N) is 2. The largest absolute Gasteiger partial charge is 0.359 e. The van der Waals surface area contributed by atoms with Crippen molar-refractivity contribution in [2.24, 2.45) is 0 Å². The second kappa shape index (κ2) is 9.83. The molecular weight excluding hydrogens is 489 g/mol. The summed E-state index contributed by atoms with van der Waals surface area (Å²) < 4.78 is -1.77. The number of fused-ring (bicyclic) bond motifs is 1. The van der Waals surface area contributed by atoms with Crippen molar-refractivity contribution in [3.05, 3.63) is 60.6 Å². The number of pyridine rings is 1. The Morgan fingerprint density at radius 3 is 2.72 bits per heavy atom. The van der Waals surface area contributed by atoms with Crippen LogP contribution in [0, 0.1) is 0 Å². The van der Waals surface area contributed by atoms with E-state index in [1.54, 1.807) is 17.3 Å². The van der Waals surface area contributed by atoms with Crippen LogP contribution in [0.4, 0.5) is 5.69 Å². The standard InChI is InChI=1S/C22H22Cl3N5OS/c23-22(24,25)20(28-18(31)6-5-15-7-10-26-11-8-15)30-14-2-13-29(21(30)32)17-4-1-3-16-9-12-27-19(16)17/h1,3-4,7-12,20,27H,2,5-6,13-14H2,(H,28,31). The summed E-state index contributed by atoms with van der Waals surface area (Å²) in [6.45, 7) is 1.30. The first kappa shape index (κ1) is 23.1. The van der Waals surface area contributed by atoms with Crippen LogP contribution in [0.25, 0.3) is 10.9 Å². The van der Waals surface area contributed by atoms with Crippen molar-refractivity contribution in [3.63, 3.8) is 0 Å². The Hall–Kier alpha value is -2.06. The van der Waals surface area contributed by atoms with Crippen LogP contribution in [0.1, 0.15) is 18.4 Å². The summed E-state index contributed by atoms with van der Waals surface area (Å²) in [6, 6.07) is 11.8. The summed E-state index contributed by atoms with van der Waals surface area (Å²) in [5.41, 5.74) is 2.96. The molecule has 0 spiro atoms. The number of rotatable bonds is 6. The molecule has 6 nitrogen and oxygen atoms in total. The van der Waals surface area contributed by atoms with E-state index in [1.165, 1.54) is 0 Å². The first-order valence-electron chi connectivity index (χ1n) is 10.2. The fraction of sp³-hybridized carbons (Fsp3) is 0.318. The molecule has 1 saturated heterocycles. The number of nitrogens with zero attached hydrogens (tertiary/aromatic N) is 3. The maximum absolute atomic E-state index is 12.7. The van der Waals surface area contributed by atoms with E-state index in [9.17, 15) is 4.79 Å². The van der Waals surface area contributed by atoms with Crippen LogP contribution in [0.5, 0.6) is 0 Å². The molecule has 0 bridgehead atoms. The van der Waals surface area contributed by atoms with Gasteiger partial charge in [-0.2, -0.15) is 0 Å². The minimum absolute atomic E-state index is 0.218. The number of aryl methyl sites for hydroxylation is 1. The number of hydrogen-bond donors (Lipinski definition) is 2. The van der Waals surface area contributed by atoms with Crippen LogP contribution in [0.15, 0.2) is 55.0 Å². The molecule has 1 unspecified atom stereocenters. The van der Waals surface area contributed by atoms with Gasteiger partial charge in [-0.15, -0.1) is 0 Å². The van der Waals surface area contributed by atoms with E-state index in [0.29, 0.717) is 18.1 Å². The van der Waals surface area contributed by atoms with Crippen molar-refractivity contribution >= 4 is 74.6 Å². The van der Waals surface area contributed by atoms with E-state index < -0.39 is 9.96 Å². The zero-order valence-corrected chi connectivity index (χ0v) is 20.2. The summed E-state index contributed by atoms with van der Waals surface area (Å²) in [7, 11) is 0. The zero-order valence-electron chi connectivity index (χ0n) is 17.1. The van der Waals surface area contributed by atoms with Gasteiger partial charge in [-0.3, -0.25) is 9.78 Å². The van der Waals surface area contributed by atoms with Gasteiger partial charge in [0.1, 0.15) is 0 Å². The number of benzene rings is 1. The highest BCUT2D eigenvalue weighted by atomic mass is 35.6. The van der Waals surface area contributed by atoms with E-state index in [-0.39, 0.29) is 12.3 Å². The van der Waals surface area contributed by atoms with Crippen LogP contribution < -0.4 is 10.2 Å². The van der Waals surface area contributed by atoms with Gasteiger partial charge in [0, 0.05) is 43.5 Å². The molecule has 1 aromatic carbocycles. The second-order valence-corrected chi connectivity index (χ2v) is 10.3. The van der Waals surface area contributed by atoms with Gasteiger partial charge < -0.3 is 20.1 Å². The lowest BCUT2D eigenvalue weighted by molar-refractivity contribution is -0.122. The van der Waals surface area contributed by atoms with Gasteiger partial charge in [0.2, 0.25) is 9.70 Å². The normalized spacial score (nSPS) is 15.8. The van der Waals surface area contributed by atoms with Crippen molar-refractivity contribution in [3.8, 4) is 0 Å². The molecule has 1 fully saturated rings. The Kier molecular flexibility index (Phi) is 7.10. The molecule has 32 heavy (non-hydrogen) atoms. The second-order valence-electron chi connectivity index (χ2n) is 7.57. The number of carbonyl (C=O) groups excluding carboxylic acids is 1. The number of hydrogen-bond acceptors (Lipinski definition) is 3. The number of thiocarbonyl (C=S) groups is 1. The quantitative estimate of drug-likeness (QED) is 0.368. The lowest BCUT2D eigenvalue weighted by Crippen LogP contribution is -2.62. The Labute approximate surface area is 206 Å². The summed E-state index contributed by atoms with van der Waals surface area (Å²) in [5, 5.41) is 4.48. The summed E-state index contributed by atoms with van der Waals surface area (Å²) in [6.07, 6.45) is 6.01. The molecule has 4 rings (SSSR count). The Morgan fingerprint density at radius 2 is 1.97 bits per heavy atom. The topological polar surface area (TPSA) is 64.3 Å². The first-order valence-corrected chi connectivity index (χ1v) is 11.8. The molecule has 10 heteroatoms. The molecule has 0 saturated carbocycles. The molecule has 1 amide bonds. The Balaban J connectivity index is 1.52. The van der Waals surface area contributed by atoms with Crippen LogP contribution in [-0.2, 0) is 11.2 Å². The first-order chi connectivity index (χ1) is 15.3. The van der Waals surface area contributed by atoms with E-state index in [4.69, 9.17) is 47.0 Å². The molecular formula is C22H22Cl3N5OS. The number of aromatic amines is 1. The minimum Gasteiger partial charge on any atom is -0.359 e. The van der Waals surface area contributed by atoms with Crippen molar-refractivity contribution in [1.29, 1.82) is 0 Å². The maximum atomic E-state index is 12.7. The number of carbonyl (C=O) groups is 1. The molecule has 3 aromatic rings. The average Bonchev–Trinajstić information content (AvgIpc) is 3.26. The average molecular weight is 511 g/mol. The Bertz CT molecular complexity index is 1100. The summed E-state index contributed by atoms with van der Waals surface area (Å²) >= 11 is 24.7. The number of halogens is 3. The van der Waals surface area contributed by atoms with Crippen molar-refractivity contribution < 1.29 is 4.79 Å². The lowest BCUT2D eigenvalue weighted by Gasteiger charge is -2.44. The number of amides is 1. The maximum Gasteiger partial charge on any atom is 0.228 e. The van der Waals surface area contributed by atoms with Gasteiger partial charge in [-0.25, -0.2) is 0 Å². The van der Waals surface area contributed by atoms with E-state index in [2.05, 4.69) is 15.3 Å². The SMILES string of the molecule is O=C(CCc1ccncc1)NC(N1CCCN(c2cccc3cc[nH]c23)C1=S)C(Cl)(Cl)Cl. The van der Waals surface area contributed by atoms with Crippen molar-refractivity contribution in [2.45, 2.75) is 29.2 Å². The molecule has 0 aliphatic carbocycles. The fourth-order valence-electron chi connectivity index (χ4n) is 3.87. The molecule has 1 atom stereocenters. The third kappa shape index (κ3) is 5.12. The number of anilines is 1. The van der Waals surface area contributed by atoms with Crippen LogP contribution in [0.2, 0.25) is 0 Å². The predicted molar refractivity (Wildman–Crippen MR) is 134 cm³/mol. The van der Waals surface area contributed by atoms with Crippen molar-refractivity contribution in [2.75, 3.05) is 18.0 Å². The highest BCUT2D eigenvalue weighted by molar-refractivity contribution is 7.80. The molecule has 2 N–H and O–H groups in total. The smallest absolute Gasteiger partial charge is 0.228 e. The molecule has 2 aromatic heterocycles. The number of para-hydroxylation sites is 1. The summed E-state index contributed by atoms with van der Waals surface area (Å²) in [5.74, 6) is -0.218. The third-order valence-electron chi connectivity index (χ3n) is 5.42. The van der Waals surface area contributed by atoms with E-state index in [1.807, 2.05) is 47.5 Å². The van der Waals surface area contributed by atoms with Crippen molar-refractivity contribution in [1.82, 2.24) is 20.2 Å². The Morgan fingerprint density at radius 1 is 1.19 bits per heavy atom. The molecule has 1 aliphatic heterocycles. The van der Waals surface area contributed by atoms with Gasteiger partial charge in [-0.05, 0) is 54.9 Å². The minimum atomic E-state index is -1.77. The van der Waals surface area contributed by atoms with Gasteiger partial charge >= 0.3 is 0 Å². The lowest BCUT2D eigenvalue weighted by atomic mass is 10.1. The monoisotopic (exact) mass is 509 g/mol. The number of aromatic nitrogens is 2.